The van der Waals surface area contributed by atoms with E-state index in [1.54, 1.807) is 49.1 Å². The Hall–Kier alpha value is -3.16. The highest BCUT2D eigenvalue weighted by molar-refractivity contribution is 5.97. The van der Waals surface area contributed by atoms with Crippen molar-refractivity contribution in [1.82, 2.24) is 15.4 Å². The minimum absolute atomic E-state index is 0.120. The molecule has 1 saturated heterocycles. The summed E-state index contributed by atoms with van der Waals surface area (Å²) in [6.45, 7) is 4.37. The number of anilines is 1. The second kappa shape index (κ2) is 8.69. The third-order valence-electron chi connectivity index (χ3n) is 4.81. The van der Waals surface area contributed by atoms with Crippen LogP contribution in [-0.4, -0.2) is 46.9 Å². The summed E-state index contributed by atoms with van der Waals surface area (Å²) in [6.07, 6.45) is 1.13. The number of carbonyl (C=O) groups is 3. The van der Waals surface area contributed by atoms with Gasteiger partial charge in [-0.2, -0.15) is 0 Å². The number of hydrogen-bond acceptors (Lipinski definition) is 5. The van der Waals surface area contributed by atoms with Gasteiger partial charge in [0.1, 0.15) is 11.8 Å². The maximum atomic E-state index is 12.6. The molecule has 1 aliphatic heterocycles. The molecule has 1 unspecified atom stereocenters. The van der Waals surface area contributed by atoms with E-state index in [0.29, 0.717) is 43.1 Å². The van der Waals surface area contributed by atoms with E-state index in [2.05, 4.69) is 15.8 Å². The van der Waals surface area contributed by atoms with Crippen molar-refractivity contribution in [1.29, 1.82) is 0 Å². The number of hydrogen-bond donors (Lipinski definition) is 2. The predicted octanol–water partition coefficient (Wildman–Crippen LogP) is 1.98. The SMILES string of the molecule is Cc1cc(NC(=O)C2CCN(C(=O)C(C)NC(=O)c3ccccc3)CC2)no1. The van der Waals surface area contributed by atoms with Crippen molar-refractivity contribution in [3.63, 3.8) is 0 Å². The number of aryl methyl sites for hydroxylation is 1. The number of carbonyl (C=O) groups excluding carboxylic acids is 3. The van der Waals surface area contributed by atoms with Gasteiger partial charge < -0.3 is 20.1 Å². The van der Waals surface area contributed by atoms with Gasteiger partial charge >= 0.3 is 0 Å². The maximum absolute atomic E-state index is 12.6. The van der Waals surface area contributed by atoms with Gasteiger partial charge in [-0.15, -0.1) is 0 Å². The zero-order chi connectivity index (χ0) is 20.1. The summed E-state index contributed by atoms with van der Waals surface area (Å²) in [5.41, 5.74) is 0.514. The minimum Gasteiger partial charge on any atom is -0.360 e. The molecular formula is C20H24N4O4. The zero-order valence-electron chi connectivity index (χ0n) is 16.0. The Balaban J connectivity index is 1.47. The lowest BCUT2D eigenvalue weighted by atomic mass is 9.95. The van der Waals surface area contributed by atoms with Crippen LogP contribution in [0.5, 0.6) is 0 Å². The molecule has 3 rings (SSSR count). The molecule has 1 atom stereocenters. The van der Waals surface area contributed by atoms with Crippen LogP contribution in [0.25, 0.3) is 0 Å². The van der Waals surface area contributed by atoms with Crippen LogP contribution in [0.3, 0.4) is 0 Å². The lowest BCUT2D eigenvalue weighted by Gasteiger charge is -2.33. The fraction of sp³-hybridized carbons (Fsp3) is 0.400. The van der Waals surface area contributed by atoms with E-state index in [4.69, 9.17) is 4.52 Å². The largest absolute Gasteiger partial charge is 0.360 e. The molecule has 0 bridgehead atoms. The van der Waals surface area contributed by atoms with Crippen LogP contribution >= 0.6 is 0 Å². The third kappa shape index (κ3) is 4.76. The van der Waals surface area contributed by atoms with Crippen LogP contribution in [0.4, 0.5) is 5.82 Å². The van der Waals surface area contributed by atoms with E-state index >= 15 is 0 Å². The van der Waals surface area contributed by atoms with Crippen LogP contribution in [0.2, 0.25) is 0 Å². The molecule has 0 aliphatic carbocycles. The first-order chi connectivity index (χ1) is 13.4. The molecule has 2 N–H and O–H groups in total. The van der Waals surface area contributed by atoms with Crippen LogP contribution in [0.15, 0.2) is 40.9 Å². The van der Waals surface area contributed by atoms with Gasteiger partial charge in [0.2, 0.25) is 11.8 Å². The van der Waals surface area contributed by atoms with Gasteiger partial charge in [0.05, 0.1) is 0 Å². The molecule has 0 saturated carbocycles. The summed E-state index contributed by atoms with van der Waals surface area (Å²) in [5, 5.41) is 9.23. The Morgan fingerprint density at radius 2 is 1.86 bits per heavy atom. The molecule has 1 aliphatic rings. The monoisotopic (exact) mass is 384 g/mol. The summed E-state index contributed by atoms with van der Waals surface area (Å²) < 4.78 is 4.94. The Kier molecular flexibility index (Phi) is 6.08. The Bertz CT molecular complexity index is 841. The molecule has 2 aromatic rings. The molecule has 0 spiro atoms. The van der Waals surface area contributed by atoms with Crippen LogP contribution < -0.4 is 10.6 Å². The van der Waals surface area contributed by atoms with E-state index in [1.165, 1.54) is 0 Å². The van der Waals surface area contributed by atoms with Crippen molar-refractivity contribution in [2.75, 3.05) is 18.4 Å². The number of nitrogens with one attached hydrogen (secondary N) is 2. The van der Waals surface area contributed by atoms with E-state index in [1.807, 2.05) is 6.07 Å². The first-order valence-corrected chi connectivity index (χ1v) is 9.33. The number of benzene rings is 1. The number of amides is 3. The first-order valence-electron chi connectivity index (χ1n) is 9.33. The fourth-order valence-corrected chi connectivity index (χ4v) is 3.22. The van der Waals surface area contributed by atoms with E-state index in [9.17, 15) is 14.4 Å². The van der Waals surface area contributed by atoms with Gasteiger partial charge in [-0.25, -0.2) is 0 Å². The number of piperidine rings is 1. The second-order valence-corrected chi connectivity index (χ2v) is 6.97. The molecule has 1 aromatic carbocycles. The Morgan fingerprint density at radius 3 is 2.46 bits per heavy atom. The molecule has 0 radical (unpaired) electrons. The Labute approximate surface area is 163 Å². The van der Waals surface area contributed by atoms with Crippen molar-refractivity contribution in [3.8, 4) is 0 Å². The van der Waals surface area contributed by atoms with Crippen molar-refractivity contribution < 1.29 is 18.9 Å². The number of rotatable bonds is 5. The van der Waals surface area contributed by atoms with Gasteiger partial charge in [0.25, 0.3) is 5.91 Å². The molecule has 3 amide bonds. The van der Waals surface area contributed by atoms with Gasteiger partial charge in [0, 0.05) is 30.6 Å². The van der Waals surface area contributed by atoms with Gasteiger partial charge in [-0.05, 0) is 38.8 Å². The molecule has 8 heteroatoms. The molecule has 1 fully saturated rings. The number of nitrogens with zero attached hydrogens (tertiary/aromatic N) is 2. The molecule has 8 nitrogen and oxygen atoms in total. The molecule has 2 heterocycles. The number of aromatic nitrogens is 1. The standard InChI is InChI=1S/C20H24N4O4/c1-13-12-17(23-28-13)22-19(26)16-8-10-24(11-9-16)20(27)14(2)21-18(25)15-6-4-3-5-7-15/h3-7,12,14,16H,8-11H2,1-2H3,(H,21,25)(H,22,23,26). The van der Waals surface area contributed by atoms with Crippen LogP contribution in [0.1, 0.15) is 35.9 Å². The maximum Gasteiger partial charge on any atom is 0.251 e. The highest BCUT2D eigenvalue weighted by atomic mass is 16.5. The average Bonchev–Trinajstić information content (AvgIpc) is 3.12. The summed E-state index contributed by atoms with van der Waals surface area (Å²) in [6, 6.07) is 9.81. The normalized spacial score (nSPS) is 15.7. The number of likely N-dealkylation sites (tertiary alicyclic amines) is 1. The topological polar surface area (TPSA) is 105 Å². The lowest BCUT2D eigenvalue weighted by molar-refractivity contribution is -0.135. The Morgan fingerprint density at radius 1 is 1.18 bits per heavy atom. The highest BCUT2D eigenvalue weighted by Crippen LogP contribution is 2.20. The van der Waals surface area contributed by atoms with Gasteiger partial charge in [-0.1, -0.05) is 23.4 Å². The lowest BCUT2D eigenvalue weighted by Crippen LogP contribution is -2.50. The van der Waals surface area contributed by atoms with E-state index in [-0.39, 0.29) is 23.6 Å². The van der Waals surface area contributed by atoms with Gasteiger partial charge in [0.15, 0.2) is 5.82 Å². The molecule has 1 aromatic heterocycles. The summed E-state index contributed by atoms with van der Waals surface area (Å²) in [7, 11) is 0. The van der Waals surface area contributed by atoms with Crippen molar-refractivity contribution in [2.24, 2.45) is 5.92 Å². The van der Waals surface area contributed by atoms with Crippen LogP contribution in [-0.2, 0) is 9.59 Å². The first kappa shape index (κ1) is 19.6. The average molecular weight is 384 g/mol. The summed E-state index contributed by atoms with van der Waals surface area (Å²) in [5.74, 6) is 0.301. The summed E-state index contributed by atoms with van der Waals surface area (Å²) in [4.78, 5) is 38.9. The third-order valence-corrected chi connectivity index (χ3v) is 4.81. The minimum atomic E-state index is -0.629. The van der Waals surface area contributed by atoms with Crippen LogP contribution in [0, 0.1) is 12.8 Å². The summed E-state index contributed by atoms with van der Waals surface area (Å²) >= 11 is 0. The van der Waals surface area contributed by atoms with Crippen molar-refractivity contribution in [2.45, 2.75) is 32.7 Å². The molecule has 28 heavy (non-hydrogen) atoms. The smallest absolute Gasteiger partial charge is 0.251 e. The van der Waals surface area contributed by atoms with Crippen molar-refractivity contribution in [3.05, 3.63) is 47.7 Å². The fourth-order valence-electron chi connectivity index (χ4n) is 3.22. The van der Waals surface area contributed by atoms with Gasteiger partial charge in [-0.3, -0.25) is 14.4 Å². The predicted molar refractivity (Wildman–Crippen MR) is 103 cm³/mol. The van der Waals surface area contributed by atoms with E-state index < -0.39 is 6.04 Å². The quantitative estimate of drug-likeness (QED) is 0.820. The van der Waals surface area contributed by atoms with E-state index in [0.717, 1.165) is 0 Å². The van der Waals surface area contributed by atoms with Crippen molar-refractivity contribution >= 4 is 23.5 Å². The molecular weight excluding hydrogens is 360 g/mol. The zero-order valence-corrected chi connectivity index (χ0v) is 16.0. The second-order valence-electron chi connectivity index (χ2n) is 6.97. The molecule has 148 valence electrons. The highest BCUT2D eigenvalue weighted by Gasteiger charge is 2.30.